The molecule has 5 heteroatoms. The number of carbonyl (C=O) groups is 2. The first kappa shape index (κ1) is 15.2. The van der Waals surface area contributed by atoms with Crippen LogP contribution in [0.2, 0.25) is 0 Å². The molecule has 0 spiro atoms. The largest absolute Gasteiger partial charge is 0.481 e. The molecule has 110 valence electrons. The van der Waals surface area contributed by atoms with Gasteiger partial charge in [0.15, 0.2) is 5.78 Å². The summed E-state index contributed by atoms with van der Waals surface area (Å²) in [5.41, 5.74) is 0. The number of ketones is 1. The normalized spacial score (nSPS) is 18.4. The third kappa shape index (κ3) is 4.42. The zero-order chi connectivity index (χ0) is 14.4. The number of aliphatic carboxylic acids is 1. The highest BCUT2D eigenvalue weighted by Crippen LogP contribution is 2.20. The molecule has 0 amide bonds. The minimum atomic E-state index is -0.930. The van der Waals surface area contributed by atoms with Crippen LogP contribution in [0.1, 0.15) is 54.6 Å². The smallest absolute Gasteiger partial charge is 0.305 e. The molecular formula is C15H21NO3S. The van der Waals surface area contributed by atoms with E-state index in [0.717, 1.165) is 25.7 Å². The Balaban J connectivity index is 2.02. The minimum Gasteiger partial charge on any atom is -0.481 e. The van der Waals surface area contributed by atoms with Crippen molar-refractivity contribution in [1.29, 1.82) is 0 Å². The molecule has 2 rings (SSSR count). The second-order valence-electron chi connectivity index (χ2n) is 5.35. The Hall–Kier alpha value is -1.20. The Labute approximate surface area is 123 Å². The van der Waals surface area contributed by atoms with Crippen molar-refractivity contribution in [3.63, 3.8) is 0 Å². The molecular weight excluding hydrogens is 274 g/mol. The highest BCUT2D eigenvalue weighted by Gasteiger charge is 2.26. The summed E-state index contributed by atoms with van der Waals surface area (Å²) in [4.78, 5) is 24.0. The van der Waals surface area contributed by atoms with Gasteiger partial charge in [0.1, 0.15) is 0 Å². The van der Waals surface area contributed by atoms with Crippen molar-refractivity contribution in [2.45, 2.75) is 57.0 Å². The summed E-state index contributed by atoms with van der Waals surface area (Å²) in [5.74, 6) is -1.02. The van der Waals surface area contributed by atoms with E-state index < -0.39 is 12.0 Å². The van der Waals surface area contributed by atoms with Gasteiger partial charge in [-0.05, 0) is 24.3 Å². The Bertz CT molecular complexity index is 436. The van der Waals surface area contributed by atoms with E-state index in [2.05, 4.69) is 5.32 Å². The van der Waals surface area contributed by atoms with Gasteiger partial charge in [0.2, 0.25) is 0 Å². The molecule has 1 fully saturated rings. The number of carboxylic acid groups (broad SMARTS) is 1. The van der Waals surface area contributed by atoms with Crippen molar-refractivity contribution < 1.29 is 14.7 Å². The fourth-order valence-corrected chi connectivity index (χ4v) is 3.44. The summed E-state index contributed by atoms with van der Waals surface area (Å²) in [6, 6.07) is 3.25. The maximum absolute atomic E-state index is 12.4. The van der Waals surface area contributed by atoms with Gasteiger partial charge in [-0.2, -0.15) is 0 Å². The second kappa shape index (κ2) is 7.55. The molecule has 0 aliphatic heterocycles. The number of hydrogen-bond donors (Lipinski definition) is 2. The van der Waals surface area contributed by atoms with Crippen LogP contribution < -0.4 is 5.32 Å². The standard InChI is InChI=1S/C15H21NO3S/c17-14(18)10-12(15(19)13-8-5-9-20-13)16-11-6-3-1-2-4-7-11/h5,8-9,11-12,16H,1-4,6-7,10H2,(H,17,18). The number of carboxylic acids is 1. The fraction of sp³-hybridized carbons (Fsp3) is 0.600. The average Bonchev–Trinajstić information content (AvgIpc) is 2.82. The molecule has 0 bridgehead atoms. The van der Waals surface area contributed by atoms with E-state index in [4.69, 9.17) is 5.11 Å². The molecule has 1 aliphatic rings. The van der Waals surface area contributed by atoms with Gasteiger partial charge < -0.3 is 10.4 Å². The number of rotatable bonds is 6. The van der Waals surface area contributed by atoms with Crippen LogP contribution in [0.25, 0.3) is 0 Å². The van der Waals surface area contributed by atoms with Crippen LogP contribution >= 0.6 is 11.3 Å². The first-order valence-corrected chi connectivity index (χ1v) is 8.10. The zero-order valence-corrected chi connectivity index (χ0v) is 12.3. The maximum Gasteiger partial charge on any atom is 0.305 e. The molecule has 1 atom stereocenters. The van der Waals surface area contributed by atoms with Gasteiger partial charge in [-0.3, -0.25) is 9.59 Å². The van der Waals surface area contributed by atoms with Crippen LogP contribution in [0.5, 0.6) is 0 Å². The Kier molecular flexibility index (Phi) is 5.73. The van der Waals surface area contributed by atoms with Crippen LogP contribution in [0.15, 0.2) is 17.5 Å². The lowest BCUT2D eigenvalue weighted by molar-refractivity contribution is -0.137. The highest BCUT2D eigenvalue weighted by molar-refractivity contribution is 7.12. The highest BCUT2D eigenvalue weighted by atomic mass is 32.1. The van der Waals surface area contributed by atoms with Crippen molar-refractivity contribution in [3.05, 3.63) is 22.4 Å². The number of Topliss-reactive ketones (excluding diaryl/α,β-unsaturated/α-hetero) is 1. The summed E-state index contributed by atoms with van der Waals surface area (Å²) < 4.78 is 0. The molecule has 1 unspecified atom stereocenters. The van der Waals surface area contributed by atoms with Gasteiger partial charge in [-0.25, -0.2) is 0 Å². The lowest BCUT2D eigenvalue weighted by Crippen LogP contribution is -2.44. The first-order valence-electron chi connectivity index (χ1n) is 7.22. The van der Waals surface area contributed by atoms with Gasteiger partial charge in [0.25, 0.3) is 0 Å². The second-order valence-corrected chi connectivity index (χ2v) is 6.29. The molecule has 4 nitrogen and oxygen atoms in total. The molecule has 20 heavy (non-hydrogen) atoms. The summed E-state index contributed by atoms with van der Waals surface area (Å²) >= 11 is 1.37. The third-order valence-electron chi connectivity index (χ3n) is 3.75. The topological polar surface area (TPSA) is 66.4 Å². The summed E-state index contributed by atoms with van der Waals surface area (Å²) in [7, 11) is 0. The lowest BCUT2D eigenvalue weighted by Gasteiger charge is -2.22. The predicted octanol–water partition coefficient (Wildman–Crippen LogP) is 3.09. The fourth-order valence-electron chi connectivity index (χ4n) is 2.72. The molecule has 1 heterocycles. The van der Waals surface area contributed by atoms with Gasteiger partial charge in [-0.1, -0.05) is 31.7 Å². The van der Waals surface area contributed by atoms with Crippen LogP contribution in [-0.4, -0.2) is 28.9 Å². The van der Waals surface area contributed by atoms with Gasteiger partial charge in [0.05, 0.1) is 17.3 Å². The Morgan fingerprint density at radius 1 is 1.30 bits per heavy atom. The van der Waals surface area contributed by atoms with E-state index in [1.807, 2.05) is 11.4 Å². The minimum absolute atomic E-state index is 0.0911. The quantitative estimate of drug-likeness (QED) is 0.625. The zero-order valence-electron chi connectivity index (χ0n) is 11.5. The molecule has 2 N–H and O–H groups in total. The van der Waals surface area contributed by atoms with E-state index in [1.54, 1.807) is 6.07 Å². The molecule has 1 aromatic heterocycles. The number of nitrogens with one attached hydrogen (secondary N) is 1. The number of thiophene rings is 1. The first-order chi connectivity index (χ1) is 9.66. The van der Waals surface area contributed by atoms with Crippen LogP contribution in [0.3, 0.4) is 0 Å². The molecule has 1 aliphatic carbocycles. The summed E-state index contributed by atoms with van der Waals surface area (Å²) in [6.07, 6.45) is 6.71. The Morgan fingerprint density at radius 3 is 2.55 bits per heavy atom. The predicted molar refractivity (Wildman–Crippen MR) is 79.3 cm³/mol. The molecule has 0 saturated heterocycles. The SMILES string of the molecule is O=C(O)CC(NC1CCCCCC1)C(=O)c1cccs1. The number of carbonyl (C=O) groups excluding carboxylic acids is 1. The lowest BCUT2D eigenvalue weighted by atomic mass is 10.0. The van der Waals surface area contributed by atoms with Gasteiger partial charge >= 0.3 is 5.97 Å². The van der Waals surface area contributed by atoms with E-state index >= 15 is 0 Å². The maximum atomic E-state index is 12.4. The van der Waals surface area contributed by atoms with Crippen LogP contribution in [0.4, 0.5) is 0 Å². The van der Waals surface area contributed by atoms with E-state index in [-0.39, 0.29) is 18.2 Å². The van der Waals surface area contributed by atoms with Gasteiger partial charge in [-0.15, -0.1) is 11.3 Å². The van der Waals surface area contributed by atoms with E-state index in [9.17, 15) is 9.59 Å². The van der Waals surface area contributed by atoms with Gasteiger partial charge in [0, 0.05) is 6.04 Å². The van der Waals surface area contributed by atoms with E-state index in [0.29, 0.717) is 4.88 Å². The molecule has 0 aromatic carbocycles. The molecule has 1 saturated carbocycles. The van der Waals surface area contributed by atoms with Crippen LogP contribution in [-0.2, 0) is 4.79 Å². The monoisotopic (exact) mass is 295 g/mol. The van der Waals surface area contributed by atoms with Crippen molar-refractivity contribution in [2.75, 3.05) is 0 Å². The number of hydrogen-bond acceptors (Lipinski definition) is 4. The van der Waals surface area contributed by atoms with Crippen molar-refractivity contribution >= 4 is 23.1 Å². The Morgan fingerprint density at radius 2 is 2.00 bits per heavy atom. The summed E-state index contributed by atoms with van der Waals surface area (Å²) in [5, 5.41) is 14.2. The third-order valence-corrected chi connectivity index (χ3v) is 4.64. The molecule has 1 aromatic rings. The van der Waals surface area contributed by atoms with E-state index in [1.165, 1.54) is 24.2 Å². The van der Waals surface area contributed by atoms with Crippen molar-refractivity contribution in [3.8, 4) is 0 Å². The van der Waals surface area contributed by atoms with Crippen LogP contribution in [0, 0.1) is 0 Å². The summed E-state index contributed by atoms with van der Waals surface area (Å²) in [6.45, 7) is 0. The van der Waals surface area contributed by atoms with Crippen molar-refractivity contribution in [1.82, 2.24) is 5.32 Å². The average molecular weight is 295 g/mol. The van der Waals surface area contributed by atoms with Crippen molar-refractivity contribution in [2.24, 2.45) is 0 Å². The molecule has 0 radical (unpaired) electrons.